The number of guanidine groups is 1. The lowest BCUT2D eigenvalue weighted by Gasteiger charge is -2.14. The maximum Gasteiger partial charge on any atom is 0.322 e. The van der Waals surface area contributed by atoms with Crippen LogP contribution in [0, 0.1) is 6.92 Å². The van der Waals surface area contributed by atoms with E-state index in [1.807, 2.05) is 44.2 Å². The van der Waals surface area contributed by atoms with Crippen molar-refractivity contribution in [2.75, 3.05) is 12.3 Å². The summed E-state index contributed by atoms with van der Waals surface area (Å²) in [6, 6.07) is 9.22. The molecule has 0 aliphatic rings. The van der Waals surface area contributed by atoms with E-state index in [1.165, 1.54) is 11.3 Å². The summed E-state index contributed by atoms with van der Waals surface area (Å²) in [4.78, 5) is 21.5. The Labute approximate surface area is 151 Å². The van der Waals surface area contributed by atoms with Crippen molar-refractivity contribution in [3.63, 3.8) is 0 Å². The summed E-state index contributed by atoms with van der Waals surface area (Å²) >= 11 is 1.50. The highest BCUT2D eigenvalue weighted by Gasteiger charge is 2.09. The van der Waals surface area contributed by atoms with E-state index in [4.69, 9.17) is 11.5 Å². The summed E-state index contributed by atoms with van der Waals surface area (Å²) in [5.41, 5.74) is 13.4. The third-order valence-electron chi connectivity index (χ3n) is 3.64. The molecule has 134 valence electrons. The average molecular weight is 360 g/mol. The Bertz CT molecular complexity index is 728. The third kappa shape index (κ3) is 6.07. The minimum atomic E-state index is -0.372. The molecule has 2 rings (SSSR count). The Kier molecular flexibility index (Phi) is 6.76. The number of benzene rings is 1. The smallest absolute Gasteiger partial charge is 0.322 e. The SMILES string of the molecule is Cc1nc(N)sc1CCCN=C(N)NC(=O)N[C@@H](C)c1ccccc1. The van der Waals surface area contributed by atoms with Gasteiger partial charge in [0.15, 0.2) is 11.1 Å². The molecular formula is C17H24N6OS. The molecule has 1 atom stereocenters. The average Bonchev–Trinajstić information content (AvgIpc) is 2.89. The fraction of sp³-hybridized carbons (Fsp3) is 0.353. The Morgan fingerprint density at radius 3 is 2.72 bits per heavy atom. The van der Waals surface area contributed by atoms with Crippen LogP contribution in [0.25, 0.3) is 0 Å². The standard InChI is InChI=1S/C17H24N6OS/c1-11(13-7-4-3-5-8-13)22-17(24)23-15(18)20-10-6-9-14-12(2)21-16(19)25-14/h3-5,7-8,11H,6,9-10H2,1-2H3,(H2,19,21)(H4,18,20,22,23,24)/t11-/m0/s1. The molecule has 0 saturated heterocycles. The molecule has 1 aromatic heterocycles. The lowest BCUT2D eigenvalue weighted by molar-refractivity contribution is 0.242. The Morgan fingerprint density at radius 2 is 2.08 bits per heavy atom. The number of aromatic nitrogens is 1. The lowest BCUT2D eigenvalue weighted by atomic mass is 10.1. The van der Waals surface area contributed by atoms with E-state index >= 15 is 0 Å². The number of nitrogens with two attached hydrogens (primary N) is 2. The second-order valence-corrected chi connectivity index (χ2v) is 6.78. The van der Waals surface area contributed by atoms with E-state index in [0.717, 1.165) is 29.0 Å². The number of urea groups is 1. The molecule has 8 heteroatoms. The minimum Gasteiger partial charge on any atom is -0.375 e. The number of aryl methyl sites for hydroxylation is 2. The van der Waals surface area contributed by atoms with Crippen LogP contribution in [0.15, 0.2) is 35.3 Å². The van der Waals surface area contributed by atoms with E-state index in [2.05, 4.69) is 20.6 Å². The first-order chi connectivity index (χ1) is 12.0. The van der Waals surface area contributed by atoms with Gasteiger partial charge in [0.1, 0.15) is 0 Å². The zero-order valence-corrected chi connectivity index (χ0v) is 15.3. The van der Waals surface area contributed by atoms with Crippen LogP contribution in [0.3, 0.4) is 0 Å². The first kappa shape index (κ1) is 18.7. The van der Waals surface area contributed by atoms with Crippen LogP contribution >= 0.6 is 11.3 Å². The van der Waals surface area contributed by atoms with Crippen LogP contribution in [0.2, 0.25) is 0 Å². The summed E-state index contributed by atoms with van der Waals surface area (Å²) in [6.45, 7) is 4.38. The molecule has 0 unspecified atom stereocenters. The molecule has 0 fully saturated rings. The molecule has 2 amide bonds. The van der Waals surface area contributed by atoms with Crippen molar-refractivity contribution >= 4 is 28.5 Å². The monoisotopic (exact) mass is 360 g/mol. The topological polar surface area (TPSA) is 118 Å². The quantitative estimate of drug-likeness (QED) is 0.359. The van der Waals surface area contributed by atoms with E-state index < -0.39 is 0 Å². The highest BCUT2D eigenvalue weighted by molar-refractivity contribution is 7.15. The van der Waals surface area contributed by atoms with E-state index in [9.17, 15) is 4.79 Å². The number of aliphatic imine (C=N–C) groups is 1. The third-order valence-corrected chi connectivity index (χ3v) is 4.69. The van der Waals surface area contributed by atoms with Crippen molar-refractivity contribution in [2.45, 2.75) is 32.7 Å². The van der Waals surface area contributed by atoms with Gasteiger partial charge in [0, 0.05) is 11.4 Å². The van der Waals surface area contributed by atoms with Crippen LogP contribution in [-0.2, 0) is 6.42 Å². The molecule has 25 heavy (non-hydrogen) atoms. The predicted molar refractivity (Wildman–Crippen MR) is 103 cm³/mol. The van der Waals surface area contributed by atoms with E-state index in [1.54, 1.807) is 0 Å². The Balaban J connectivity index is 1.73. The summed E-state index contributed by atoms with van der Waals surface area (Å²) in [6.07, 6.45) is 1.65. The van der Waals surface area contributed by atoms with Crippen LogP contribution < -0.4 is 22.1 Å². The number of carbonyl (C=O) groups is 1. The van der Waals surface area contributed by atoms with Crippen molar-refractivity contribution in [1.29, 1.82) is 0 Å². The predicted octanol–water partition coefficient (Wildman–Crippen LogP) is 2.34. The van der Waals surface area contributed by atoms with Gasteiger partial charge in [0.2, 0.25) is 0 Å². The van der Waals surface area contributed by atoms with Crippen molar-refractivity contribution in [2.24, 2.45) is 10.7 Å². The first-order valence-corrected chi connectivity index (χ1v) is 8.91. The van der Waals surface area contributed by atoms with Crippen molar-refractivity contribution in [3.05, 3.63) is 46.5 Å². The molecule has 7 nitrogen and oxygen atoms in total. The Morgan fingerprint density at radius 1 is 1.36 bits per heavy atom. The van der Waals surface area contributed by atoms with Crippen molar-refractivity contribution < 1.29 is 4.79 Å². The highest BCUT2D eigenvalue weighted by Crippen LogP contribution is 2.20. The maximum atomic E-state index is 11.9. The van der Waals surface area contributed by atoms with Gasteiger partial charge in [-0.2, -0.15) is 0 Å². The largest absolute Gasteiger partial charge is 0.375 e. The summed E-state index contributed by atoms with van der Waals surface area (Å²) in [5.74, 6) is 0.110. The number of thiazole rings is 1. The second kappa shape index (κ2) is 9.03. The number of amides is 2. The number of rotatable bonds is 6. The van der Waals surface area contributed by atoms with Gasteiger partial charge in [-0.05, 0) is 32.3 Å². The number of carbonyl (C=O) groups excluding carboxylic acids is 1. The number of nitrogens with one attached hydrogen (secondary N) is 2. The molecule has 0 bridgehead atoms. The van der Waals surface area contributed by atoms with Crippen LogP contribution in [-0.4, -0.2) is 23.5 Å². The fourth-order valence-corrected chi connectivity index (χ4v) is 3.21. The molecule has 0 radical (unpaired) electrons. The molecular weight excluding hydrogens is 336 g/mol. The zero-order valence-electron chi connectivity index (χ0n) is 14.5. The van der Waals surface area contributed by atoms with Gasteiger partial charge in [-0.15, -0.1) is 11.3 Å². The molecule has 2 aromatic rings. The molecule has 0 saturated carbocycles. The van der Waals surface area contributed by atoms with Crippen molar-refractivity contribution in [1.82, 2.24) is 15.6 Å². The molecule has 1 aromatic carbocycles. The normalized spacial score (nSPS) is 12.6. The van der Waals surface area contributed by atoms with Gasteiger partial charge in [-0.3, -0.25) is 10.3 Å². The highest BCUT2D eigenvalue weighted by atomic mass is 32.1. The van der Waals surface area contributed by atoms with Crippen molar-refractivity contribution in [3.8, 4) is 0 Å². The molecule has 0 spiro atoms. The number of hydrogen-bond donors (Lipinski definition) is 4. The van der Waals surface area contributed by atoms with E-state index in [-0.39, 0.29) is 18.0 Å². The van der Waals surface area contributed by atoms with Gasteiger partial charge in [-0.25, -0.2) is 9.78 Å². The fourth-order valence-electron chi connectivity index (χ4n) is 2.34. The zero-order chi connectivity index (χ0) is 18.2. The van der Waals surface area contributed by atoms with Gasteiger partial charge < -0.3 is 16.8 Å². The number of anilines is 1. The van der Waals surface area contributed by atoms with Crippen LogP contribution in [0.1, 0.15) is 35.5 Å². The van der Waals surface area contributed by atoms with Gasteiger partial charge >= 0.3 is 6.03 Å². The lowest BCUT2D eigenvalue weighted by Crippen LogP contribution is -2.44. The van der Waals surface area contributed by atoms with Gasteiger partial charge in [0.05, 0.1) is 11.7 Å². The second-order valence-electron chi connectivity index (χ2n) is 5.66. The summed E-state index contributed by atoms with van der Waals surface area (Å²) in [5, 5.41) is 5.95. The molecule has 0 aliphatic heterocycles. The molecule has 0 aliphatic carbocycles. The minimum absolute atomic E-state index is 0.110. The summed E-state index contributed by atoms with van der Waals surface area (Å²) < 4.78 is 0. The van der Waals surface area contributed by atoms with Crippen LogP contribution in [0.4, 0.5) is 9.93 Å². The maximum absolute atomic E-state index is 11.9. The van der Waals surface area contributed by atoms with Gasteiger partial charge in [0.25, 0.3) is 0 Å². The first-order valence-electron chi connectivity index (χ1n) is 8.10. The van der Waals surface area contributed by atoms with E-state index in [0.29, 0.717) is 11.7 Å². The van der Waals surface area contributed by atoms with Gasteiger partial charge in [-0.1, -0.05) is 30.3 Å². The molecule has 6 N–H and O–H groups in total. The summed E-state index contributed by atoms with van der Waals surface area (Å²) in [7, 11) is 0. The number of nitrogens with zero attached hydrogens (tertiary/aromatic N) is 2. The Hall–Kier alpha value is -2.61. The van der Waals surface area contributed by atoms with Crippen LogP contribution in [0.5, 0.6) is 0 Å². The number of hydrogen-bond acceptors (Lipinski definition) is 5. The molecule has 1 heterocycles. The number of nitrogen functional groups attached to an aromatic ring is 1.